The Morgan fingerprint density at radius 1 is 1.42 bits per heavy atom. The molecule has 0 saturated carbocycles. The number of carbonyl (C=O) groups is 2. The van der Waals surface area contributed by atoms with Crippen LogP contribution in [0.1, 0.15) is 27.7 Å². The third-order valence-electron chi connectivity index (χ3n) is 3.10. The van der Waals surface area contributed by atoms with Crippen molar-refractivity contribution in [2.75, 3.05) is 25.4 Å². The number of hydrogen-bond acceptors (Lipinski definition) is 5. The normalized spacial score (nSPS) is 14.7. The van der Waals surface area contributed by atoms with Crippen molar-refractivity contribution in [3.8, 4) is 0 Å². The molecule has 7 heteroatoms. The molecule has 0 unspecified atom stereocenters. The van der Waals surface area contributed by atoms with Gasteiger partial charge in [0.1, 0.15) is 5.00 Å². The van der Waals surface area contributed by atoms with Gasteiger partial charge < -0.3 is 20.5 Å². The number of carbonyl (C=O) groups excluding carboxylic acids is 1. The fourth-order valence-corrected chi connectivity index (χ4v) is 3.33. The largest absolute Gasteiger partial charge is 0.478 e. The fraction of sp³-hybridized carbons (Fsp3) is 0.500. The van der Waals surface area contributed by atoms with Gasteiger partial charge in [0.15, 0.2) is 0 Å². The van der Waals surface area contributed by atoms with Crippen molar-refractivity contribution in [2.45, 2.75) is 19.8 Å². The molecule has 0 atom stereocenters. The highest BCUT2D eigenvalue weighted by Crippen LogP contribution is 2.33. The van der Waals surface area contributed by atoms with E-state index < -0.39 is 5.97 Å². The van der Waals surface area contributed by atoms with E-state index in [1.807, 2.05) is 0 Å². The lowest BCUT2D eigenvalue weighted by Crippen LogP contribution is -2.33. The summed E-state index contributed by atoms with van der Waals surface area (Å²) in [4.78, 5) is 25.5. The van der Waals surface area contributed by atoms with Crippen LogP contribution in [0.15, 0.2) is 0 Å². The Morgan fingerprint density at radius 2 is 2.11 bits per heavy atom. The maximum Gasteiger partial charge on any atom is 0.409 e. The molecule has 0 bridgehead atoms. The molecule has 1 aromatic rings. The minimum absolute atomic E-state index is 0.200. The van der Waals surface area contributed by atoms with E-state index in [9.17, 15) is 14.7 Å². The van der Waals surface area contributed by atoms with Crippen molar-refractivity contribution in [3.05, 3.63) is 16.0 Å². The van der Waals surface area contributed by atoms with Crippen LogP contribution in [0.2, 0.25) is 0 Å². The summed E-state index contributed by atoms with van der Waals surface area (Å²) in [5, 5.41) is 9.53. The van der Waals surface area contributed by atoms with Crippen molar-refractivity contribution in [1.29, 1.82) is 0 Å². The molecule has 0 fully saturated rings. The number of aromatic carboxylic acids is 1. The van der Waals surface area contributed by atoms with E-state index in [1.54, 1.807) is 11.8 Å². The van der Waals surface area contributed by atoms with E-state index in [2.05, 4.69) is 0 Å². The summed E-state index contributed by atoms with van der Waals surface area (Å²) in [6.45, 7) is 3.09. The van der Waals surface area contributed by atoms with Gasteiger partial charge in [-0.1, -0.05) is 0 Å². The summed E-state index contributed by atoms with van der Waals surface area (Å²) in [5.41, 5.74) is 6.71. The molecule has 0 saturated heterocycles. The standard InChI is InChI=1S/C12H16N2O4S/c1-2-18-12(17)14-5-3-7-8(4-6-14)19-10(13)9(7)11(15)16/h2-6,13H2,1H3,(H,15,16). The van der Waals surface area contributed by atoms with Crippen LogP contribution in [0, 0.1) is 0 Å². The predicted octanol–water partition coefficient (Wildman–Crippen LogP) is 1.59. The second-order valence-corrected chi connectivity index (χ2v) is 5.37. The molecule has 0 aromatic carbocycles. The molecule has 104 valence electrons. The minimum atomic E-state index is -1.00. The quantitative estimate of drug-likeness (QED) is 0.860. The van der Waals surface area contributed by atoms with Crippen molar-refractivity contribution >= 4 is 28.4 Å². The molecular formula is C12H16N2O4S. The Morgan fingerprint density at radius 3 is 2.74 bits per heavy atom. The number of thiophene rings is 1. The number of fused-ring (bicyclic) bond motifs is 1. The maximum absolute atomic E-state index is 11.7. The molecule has 0 aliphatic carbocycles. The van der Waals surface area contributed by atoms with Crippen LogP contribution < -0.4 is 5.73 Å². The molecule has 1 aromatic heterocycles. The third-order valence-corrected chi connectivity index (χ3v) is 4.22. The highest BCUT2D eigenvalue weighted by molar-refractivity contribution is 7.16. The van der Waals surface area contributed by atoms with Crippen molar-refractivity contribution in [2.24, 2.45) is 0 Å². The summed E-state index contributed by atoms with van der Waals surface area (Å²) in [7, 11) is 0. The first-order valence-electron chi connectivity index (χ1n) is 6.09. The lowest BCUT2D eigenvalue weighted by molar-refractivity contribution is 0.0697. The van der Waals surface area contributed by atoms with Gasteiger partial charge in [-0.05, 0) is 25.3 Å². The summed E-state index contributed by atoms with van der Waals surface area (Å²) < 4.78 is 4.96. The van der Waals surface area contributed by atoms with E-state index in [0.29, 0.717) is 37.5 Å². The zero-order chi connectivity index (χ0) is 14.0. The van der Waals surface area contributed by atoms with Crippen molar-refractivity contribution < 1.29 is 19.4 Å². The van der Waals surface area contributed by atoms with Gasteiger partial charge in [0, 0.05) is 18.0 Å². The number of nitrogens with zero attached hydrogens (tertiary/aromatic N) is 1. The summed E-state index contributed by atoms with van der Waals surface area (Å²) in [5.74, 6) is -1.00. The summed E-state index contributed by atoms with van der Waals surface area (Å²) in [6.07, 6.45) is 0.780. The highest BCUT2D eigenvalue weighted by atomic mass is 32.1. The first kappa shape index (κ1) is 13.7. The second kappa shape index (κ2) is 5.48. The van der Waals surface area contributed by atoms with Gasteiger partial charge in [-0.15, -0.1) is 11.3 Å². The van der Waals surface area contributed by atoms with Gasteiger partial charge >= 0.3 is 12.1 Å². The topological polar surface area (TPSA) is 92.9 Å². The predicted molar refractivity (Wildman–Crippen MR) is 71.7 cm³/mol. The van der Waals surface area contributed by atoms with Gasteiger partial charge in [-0.3, -0.25) is 0 Å². The zero-order valence-electron chi connectivity index (χ0n) is 10.6. The number of nitrogen functional groups attached to an aromatic ring is 1. The molecule has 6 nitrogen and oxygen atoms in total. The monoisotopic (exact) mass is 284 g/mol. The number of nitrogens with two attached hydrogens (primary N) is 1. The molecule has 2 heterocycles. The van der Waals surface area contributed by atoms with Crippen LogP contribution in [0.3, 0.4) is 0 Å². The molecule has 2 rings (SSSR count). The van der Waals surface area contributed by atoms with Gasteiger partial charge in [0.25, 0.3) is 0 Å². The molecular weight excluding hydrogens is 268 g/mol. The number of carboxylic acids is 1. The van der Waals surface area contributed by atoms with Crippen LogP contribution in [-0.4, -0.2) is 41.8 Å². The maximum atomic E-state index is 11.7. The Hall–Kier alpha value is -1.76. The van der Waals surface area contributed by atoms with Gasteiger partial charge in [-0.25, -0.2) is 9.59 Å². The van der Waals surface area contributed by atoms with Crippen molar-refractivity contribution in [1.82, 2.24) is 4.90 Å². The third kappa shape index (κ3) is 2.65. The number of amides is 1. The Balaban J connectivity index is 2.19. The Labute approximate surface area is 114 Å². The molecule has 19 heavy (non-hydrogen) atoms. The fourth-order valence-electron chi connectivity index (χ4n) is 2.23. The average Bonchev–Trinajstić information content (AvgIpc) is 2.52. The minimum Gasteiger partial charge on any atom is -0.478 e. The number of hydrogen-bond donors (Lipinski definition) is 2. The van der Waals surface area contributed by atoms with Gasteiger partial charge in [0.2, 0.25) is 0 Å². The van der Waals surface area contributed by atoms with E-state index in [4.69, 9.17) is 10.5 Å². The Bertz CT molecular complexity index is 512. The number of ether oxygens (including phenoxy) is 1. The number of anilines is 1. The highest BCUT2D eigenvalue weighted by Gasteiger charge is 2.26. The van der Waals surface area contributed by atoms with Crippen LogP contribution in [0.25, 0.3) is 0 Å². The molecule has 0 spiro atoms. The SMILES string of the molecule is CCOC(=O)N1CCc2sc(N)c(C(=O)O)c2CC1. The summed E-state index contributed by atoms with van der Waals surface area (Å²) >= 11 is 1.30. The number of rotatable bonds is 2. The first-order valence-corrected chi connectivity index (χ1v) is 6.91. The molecule has 1 aliphatic rings. The average molecular weight is 284 g/mol. The van der Waals surface area contributed by atoms with Crippen molar-refractivity contribution in [3.63, 3.8) is 0 Å². The summed E-state index contributed by atoms with van der Waals surface area (Å²) in [6, 6.07) is 0. The van der Waals surface area contributed by atoms with Crippen LogP contribution >= 0.6 is 11.3 Å². The Kier molecular flexibility index (Phi) is 3.94. The van der Waals surface area contributed by atoms with Gasteiger partial charge in [0.05, 0.1) is 12.2 Å². The van der Waals surface area contributed by atoms with E-state index >= 15 is 0 Å². The molecule has 3 N–H and O–H groups in total. The van der Waals surface area contributed by atoms with Crippen LogP contribution in [0.5, 0.6) is 0 Å². The molecule has 1 aliphatic heterocycles. The first-order chi connectivity index (χ1) is 9.04. The zero-order valence-corrected chi connectivity index (χ0v) is 11.5. The van der Waals surface area contributed by atoms with E-state index in [-0.39, 0.29) is 11.7 Å². The van der Waals surface area contributed by atoms with E-state index in [1.165, 1.54) is 11.3 Å². The van der Waals surface area contributed by atoms with Crippen LogP contribution in [-0.2, 0) is 17.6 Å². The lowest BCUT2D eigenvalue weighted by Gasteiger charge is -2.19. The smallest absolute Gasteiger partial charge is 0.409 e. The molecule has 0 radical (unpaired) electrons. The van der Waals surface area contributed by atoms with Crippen LogP contribution in [0.4, 0.5) is 9.80 Å². The number of carboxylic acid groups (broad SMARTS) is 1. The van der Waals surface area contributed by atoms with Gasteiger partial charge in [-0.2, -0.15) is 0 Å². The second-order valence-electron chi connectivity index (χ2n) is 4.23. The molecule has 1 amide bonds. The lowest BCUT2D eigenvalue weighted by atomic mass is 10.1. The van der Waals surface area contributed by atoms with E-state index in [0.717, 1.165) is 10.4 Å².